The number of Topliss-reactive ketones (excluding diaryl/α,β-unsaturated/α-hetero) is 1. The highest BCUT2D eigenvalue weighted by Gasteiger charge is 2.30. The molecule has 6 heteroatoms. The van der Waals surface area contributed by atoms with Crippen LogP contribution in [0, 0.1) is 17.1 Å². The van der Waals surface area contributed by atoms with Gasteiger partial charge in [0.2, 0.25) is 0 Å². The summed E-state index contributed by atoms with van der Waals surface area (Å²) < 4.78 is 38.0. The third-order valence-corrected chi connectivity index (χ3v) is 6.05. The summed E-state index contributed by atoms with van der Waals surface area (Å²) in [5.74, 6) is -0.692. The molecular formula is C21H14FNO3S. The predicted molar refractivity (Wildman–Crippen MR) is 99.8 cm³/mol. The smallest absolute Gasteiger partial charge is 0.176 e. The van der Waals surface area contributed by atoms with E-state index in [0.29, 0.717) is 33.9 Å². The van der Waals surface area contributed by atoms with Crippen LogP contribution in [0.4, 0.5) is 4.39 Å². The van der Waals surface area contributed by atoms with Gasteiger partial charge < -0.3 is 0 Å². The first-order chi connectivity index (χ1) is 12.8. The molecule has 0 heterocycles. The van der Waals surface area contributed by atoms with Gasteiger partial charge in [-0.05, 0) is 46.7 Å². The first kappa shape index (κ1) is 17.4. The summed E-state index contributed by atoms with van der Waals surface area (Å²) >= 11 is 0. The highest BCUT2D eigenvalue weighted by Crippen LogP contribution is 2.40. The summed E-state index contributed by atoms with van der Waals surface area (Å²) in [7, 11) is -3.54. The van der Waals surface area contributed by atoms with Crippen molar-refractivity contribution in [1.82, 2.24) is 0 Å². The van der Waals surface area contributed by atoms with E-state index in [4.69, 9.17) is 0 Å². The zero-order valence-electron chi connectivity index (χ0n) is 14.4. The summed E-state index contributed by atoms with van der Waals surface area (Å²) in [5, 5.41) is 10.6. The highest BCUT2D eigenvalue weighted by atomic mass is 32.2. The van der Waals surface area contributed by atoms with Crippen LogP contribution < -0.4 is 0 Å². The van der Waals surface area contributed by atoms with Gasteiger partial charge in [-0.2, -0.15) is 5.26 Å². The molecule has 4 rings (SSSR count). The number of hydrogen-bond acceptors (Lipinski definition) is 4. The van der Waals surface area contributed by atoms with Crippen LogP contribution in [-0.4, -0.2) is 20.5 Å². The van der Waals surface area contributed by atoms with Crippen LogP contribution in [0.15, 0.2) is 47.4 Å². The maximum atomic E-state index is 13.8. The average molecular weight is 379 g/mol. The SMILES string of the molecule is CS(=O)(=O)c1ccc(-c2cccc3cc(F)cc(C#N)c23)c2c1C(=O)CC2. The van der Waals surface area contributed by atoms with Crippen molar-refractivity contribution >= 4 is 26.4 Å². The first-order valence-corrected chi connectivity index (χ1v) is 10.2. The third kappa shape index (κ3) is 2.71. The van der Waals surface area contributed by atoms with Crippen molar-refractivity contribution in [3.05, 3.63) is 65.0 Å². The second kappa shape index (κ2) is 6.00. The van der Waals surface area contributed by atoms with E-state index < -0.39 is 15.7 Å². The van der Waals surface area contributed by atoms with Crippen LogP contribution >= 0.6 is 0 Å². The van der Waals surface area contributed by atoms with E-state index in [2.05, 4.69) is 0 Å². The molecule has 0 fully saturated rings. The molecule has 4 nitrogen and oxygen atoms in total. The molecule has 0 atom stereocenters. The van der Waals surface area contributed by atoms with Crippen molar-refractivity contribution in [3.8, 4) is 17.2 Å². The molecule has 3 aromatic carbocycles. The van der Waals surface area contributed by atoms with E-state index in [0.717, 1.165) is 6.26 Å². The Morgan fingerprint density at radius 1 is 1.07 bits per heavy atom. The zero-order chi connectivity index (χ0) is 19.3. The number of sulfone groups is 1. The number of carbonyl (C=O) groups is 1. The standard InChI is InChI=1S/C21H14FNO3S/c1-27(25,26)19-8-6-15(17-5-7-18(24)21(17)19)16-4-2-3-12-9-14(22)10-13(11-23)20(12)16/h2-4,6,8-10H,5,7H2,1H3. The molecule has 0 spiro atoms. The number of rotatable bonds is 2. The van der Waals surface area contributed by atoms with Gasteiger partial charge in [-0.15, -0.1) is 0 Å². The maximum absolute atomic E-state index is 13.8. The molecule has 0 bridgehead atoms. The summed E-state index contributed by atoms with van der Waals surface area (Å²) in [6.07, 6.45) is 1.77. The number of nitriles is 1. The van der Waals surface area contributed by atoms with E-state index >= 15 is 0 Å². The lowest BCUT2D eigenvalue weighted by atomic mass is 9.91. The fraction of sp³-hybridized carbons (Fsp3) is 0.143. The molecule has 27 heavy (non-hydrogen) atoms. The van der Waals surface area contributed by atoms with Crippen LogP contribution in [-0.2, 0) is 16.3 Å². The molecule has 0 saturated carbocycles. The summed E-state index contributed by atoms with van der Waals surface area (Å²) in [6, 6.07) is 13.0. The van der Waals surface area contributed by atoms with Gasteiger partial charge in [-0.3, -0.25) is 4.79 Å². The van der Waals surface area contributed by atoms with E-state index in [9.17, 15) is 22.9 Å². The molecule has 134 valence electrons. The van der Waals surface area contributed by atoms with Gasteiger partial charge in [0.1, 0.15) is 5.82 Å². The van der Waals surface area contributed by atoms with Crippen molar-refractivity contribution < 1.29 is 17.6 Å². The fourth-order valence-corrected chi connectivity index (χ4v) is 4.74. The van der Waals surface area contributed by atoms with Crippen molar-refractivity contribution in [2.75, 3.05) is 6.26 Å². The van der Waals surface area contributed by atoms with E-state index in [-0.39, 0.29) is 28.2 Å². The number of fused-ring (bicyclic) bond motifs is 2. The molecule has 0 radical (unpaired) electrons. The van der Waals surface area contributed by atoms with Gasteiger partial charge in [0.25, 0.3) is 0 Å². The summed E-state index contributed by atoms with van der Waals surface area (Å²) in [4.78, 5) is 12.4. The van der Waals surface area contributed by atoms with Crippen molar-refractivity contribution in [1.29, 1.82) is 5.26 Å². The van der Waals surface area contributed by atoms with Gasteiger partial charge in [0, 0.05) is 23.6 Å². The lowest BCUT2D eigenvalue weighted by Gasteiger charge is -2.14. The van der Waals surface area contributed by atoms with E-state index in [1.54, 1.807) is 24.3 Å². The van der Waals surface area contributed by atoms with Crippen LogP contribution in [0.3, 0.4) is 0 Å². The van der Waals surface area contributed by atoms with E-state index in [1.165, 1.54) is 18.2 Å². The lowest BCUT2D eigenvalue weighted by Crippen LogP contribution is -2.06. The number of hydrogen-bond donors (Lipinski definition) is 0. The molecular weight excluding hydrogens is 365 g/mol. The zero-order valence-corrected chi connectivity index (χ0v) is 15.2. The number of nitrogens with zero attached hydrogens (tertiary/aromatic N) is 1. The number of carbonyl (C=O) groups excluding carboxylic acids is 1. The minimum Gasteiger partial charge on any atom is -0.294 e. The monoisotopic (exact) mass is 379 g/mol. The van der Waals surface area contributed by atoms with Gasteiger partial charge in [-0.25, -0.2) is 12.8 Å². The minimum atomic E-state index is -3.54. The van der Waals surface area contributed by atoms with Gasteiger partial charge in [0.05, 0.1) is 16.5 Å². The van der Waals surface area contributed by atoms with E-state index in [1.807, 2.05) is 6.07 Å². The Labute approximate surface area is 155 Å². The second-order valence-corrected chi connectivity index (χ2v) is 8.61. The van der Waals surface area contributed by atoms with Crippen LogP contribution in [0.5, 0.6) is 0 Å². The largest absolute Gasteiger partial charge is 0.294 e. The lowest BCUT2D eigenvalue weighted by molar-refractivity contribution is 0.0992. The van der Waals surface area contributed by atoms with Crippen molar-refractivity contribution in [2.45, 2.75) is 17.7 Å². The number of halogens is 1. The molecule has 0 aromatic heterocycles. The molecule has 1 aliphatic carbocycles. The minimum absolute atomic E-state index is 0.0375. The van der Waals surface area contributed by atoms with Crippen molar-refractivity contribution in [3.63, 3.8) is 0 Å². The Morgan fingerprint density at radius 2 is 1.85 bits per heavy atom. The molecule has 0 aliphatic heterocycles. The Hall–Kier alpha value is -3.04. The van der Waals surface area contributed by atoms with Crippen LogP contribution in [0.25, 0.3) is 21.9 Å². The highest BCUT2D eigenvalue weighted by molar-refractivity contribution is 7.90. The normalized spacial score (nSPS) is 13.6. The fourth-order valence-electron chi connectivity index (χ4n) is 3.82. The topological polar surface area (TPSA) is 75.0 Å². The number of benzene rings is 3. The Kier molecular flexibility index (Phi) is 3.86. The van der Waals surface area contributed by atoms with Gasteiger partial charge in [0.15, 0.2) is 15.6 Å². The molecule has 1 aliphatic rings. The Morgan fingerprint density at radius 3 is 2.56 bits per heavy atom. The van der Waals surface area contributed by atoms with Gasteiger partial charge >= 0.3 is 0 Å². The summed E-state index contributed by atoms with van der Waals surface area (Å²) in [6.45, 7) is 0. The van der Waals surface area contributed by atoms with Crippen LogP contribution in [0.1, 0.15) is 27.9 Å². The molecule has 0 N–H and O–H groups in total. The first-order valence-electron chi connectivity index (χ1n) is 8.33. The average Bonchev–Trinajstić information content (AvgIpc) is 3.00. The second-order valence-electron chi connectivity index (χ2n) is 6.63. The molecule has 3 aromatic rings. The molecule has 0 saturated heterocycles. The summed E-state index contributed by atoms with van der Waals surface area (Å²) in [5.41, 5.74) is 2.51. The van der Waals surface area contributed by atoms with Crippen LogP contribution in [0.2, 0.25) is 0 Å². The number of ketones is 1. The Balaban J connectivity index is 2.11. The molecule has 0 amide bonds. The van der Waals surface area contributed by atoms with Crippen molar-refractivity contribution in [2.24, 2.45) is 0 Å². The third-order valence-electron chi connectivity index (χ3n) is 4.91. The molecule has 0 unspecified atom stereocenters. The Bertz CT molecular complexity index is 1290. The maximum Gasteiger partial charge on any atom is 0.176 e. The predicted octanol–water partition coefficient (Wildman–Crippen LogP) is 4.05. The quantitative estimate of drug-likeness (QED) is 0.673. The van der Waals surface area contributed by atoms with Gasteiger partial charge in [-0.1, -0.05) is 24.3 Å².